The molecule has 0 spiro atoms. The van der Waals surface area contributed by atoms with E-state index in [-0.39, 0.29) is 12.0 Å². The van der Waals surface area contributed by atoms with Crippen LogP contribution in [0.25, 0.3) is 0 Å². The number of rotatable bonds is 2. The minimum Gasteiger partial charge on any atom is -0.392 e. The Morgan fingerprint density at radius 3 is 2.83 bits per heavy atom. The van der Waals surface area contributed by atoms with E-state index >= 15 is 0 Å². The quantitative estimate of drug-likeness (QED) is 0.624. The molecule has 3 unspecified atom stereocenters. The van der Waals surface area contributed by atoms with Gasteiger partial charge in [-0.15, -0.1) is 5.92 Å². The average molecular weight is 168 g/mol. The molecule has 1 N–H and O–H groups in total. The van der Waals surface area contributed by atoms with Gasteiger partial charge in [0.25, 0.3) is 0 Å². The molecule has 0 aromatic heterocycles. The van der Waals surface area contributed by atoms with Gasteiger partial charge in [0.2, 0.25) is 0 Å². The van der Waals surface area contributed by atoms with Crippen molar-refractivity contribution in [2.45, 2.75) is 25.9 Å². The molecule has 68 valence electrons. The zero-order chi connectivity index (χ0) is 8.97. The van der Waals surface area contributed by atoms with Crippen LogP contribution < -0.4 is 0 Å². The minimum absolute atomic E-state index is 0.176. The Balaban J connectivity index is 2.42. The van der Waals surface area contributed by atoms with Crippen LogP contribution in [0, 0.1) is 23.7 Å². The molecule has 3 atom stereocenters. The fourth-order valence-corrected chi connectivity index (χ4v) is 1.83. The van der Waals surface area contributed by atoms with Gasteiger partial charge >= 0.3 is 0 Å². The molecule has 0 amide bonds. The van der Waals surface area contributed by atoms with Crippen molar-refractivity contribution < 1.29 is 9.84 Å². The van der Waals surface area contributed by atoms with Crippen LogP contribution in [0.2, 0.25) is 0 Å². The lowest BCUT2D eigenvalue weighted by molar-refractivity contribution is 0.130. The SMILES string of the molecule is CC#CC1CC(COC)CC1O. The van der Waals surface area contributed by atoms with Crippen LogP contribution in [0.3, 0.4) is 0 Å². The van der Waals surface area contributed by atoms with E-state index in [1.54, 1.807) is 7.11 Å². The average Bonchev–Trinajstić information content (AvgIpc) is 2.34. The fraction of sp³-hybridized carbons (Fsp3) is 0.800. The van der Waals surface area contributed by atoms with E-state index in [4.69, 9.17) is 4.74 Å². The largest absolute Gasteiger partial charge is 0.392 e. The van der Waals surface area contributed by atoms with Gasteiger partial charge in [0.15, 0.2) is 0 Å². The van der Waals surface area contributed by atoms with Gasteiger partial charge in [-0.25, -0.2) is 0 Å². The van der Waals surface area contributed by atoms with Crippen LogP contribution in [0.5, 0.6) is 0 Å². The highest BCUT2D eigenvalue weighted by Crippen LogP contribution is 2.30. The first-order chi connectivity index (χ1) is 5.77. The van der Waals surface area contributed by atoms with E-state index < -0.39 is 0 Å². The van der Waals surface area contributed by atoms with Crippen molar-refractivity contribution in [3.63, 3.8) is 0 Å². The standard InChI is InChI=1S/C10H16O2/c1-3-4-9-5-8(7-12-2)6-10(9)11/h8-11H,5-7H2,1-2H3. The first kappa shape index (κ1) is 9.57. The van der Waals surface area contributed by atoms with Crippen LogP contribution in [-0.4, -0.2) is 24.9 Å². The summed E-state index contributed by atoms with van der Waals surface area (Å²) >= 11 is 0. The summed E-state index contributed by atoms with van der Waals surface area (Å²) in [6.45, 7) is 2.56. The van der Waals surface area contributed by atoms with Gasteiger partial charge in [-0.05, 0) is 25.7 Å². The Morgan fingerprint density at radius 1 is 1.50 bits per heavy atom. The van der Waals surface area contributed by atoms with Gasteiger partial charge in [0.1, 0.15) is 0 Å². The molecule has 2 nitrogen and oxygen atoms in total. The molecule has 2 heteroatoms. The molecule has 1 saturated carbocycles. The normalized spacial score (nSPS) is 34.4. The molecule has 0 aliphatic heterocycles. The first-order valence-electron chi connectivity index (χ1n) is 4.37. The van der Waals surface area contributed by atoms with Crippen LogP contribution >= 0.6 is 0 Å². The van der Waals surface area contributed by atoms with Crippen molar-refractivity contribution in [3.8, 4) is 11.8 Å². The van der Waals surface area contributed by atoms with Gasteiger partial charge in [0.05, 0.1) is 6.10 Å². The number of hydrogen-bond donors (Lipinski definition) is 1. The Hall–Kier alpha value is -0.520. The van der Waals surface area contributed by atoms with Crippen molar-refractivity contribution in [2.24, 2.45) is 11.8 Å². The summed E-state index contributed by atoms with van der Waals surface area (Å²) in [4.78, 5) is 0. The van der Waals surface area contributed by atoms with Gasteiger partial charge in [-0.3, -0.25) is 0 Å². The molecule has 1 rings (SSSR count). The third kappa shape index (κ3) is 2.23. The second kappa shape index (κ2) is 4.49. The molecule has 12 heavy (non-hydrogen) atoms. The van der Waals surface area contributed by atoms with Gasteiger partial charge < -0.3 is 9.84 Å². The lowest BCUT2D eigenvalue weighted by atomic mass is 10.1. The number of aliphatic hydroxyl groups is 1. The third-order valence-electron chi connectivity index (χ3n) is 2.36. The molecular weight excluding hydrogens is 152 g/mol. The molecule has 0 bridgehead atoms. The summed E-state index contributed by atoms with van der Waals surface area (Å²) in [5.74, 6) is 6.55. The Bertz CT molecular complexity index is 190. The smallest absolute Gasteiger partial charge is 0.0681 e. The zero-order valence-corrected chi connectivity index (χ0v) is 7.71. The minimum atomic E-state index is -0.238. The molecule has 0 saturated heterocycles. The summed E-state index contributed by atoms with van der Waals surface area (Å²) in [6.07, 6.45) is 1.58. The molecule has 0 heterocycles. The first-order valence-corrected chi connectivity index (χ1v) is 4.37. The number of hydrogen-bond acceptors (Lipinski definition) is 2. The summed E-state index contributed by atoms with van der Waals surface area (Å²) in [6, 6.07) is 0. The Labute approximate surface area is 73.9 Å². The van der Waals surface area contributed by atoms with Crippen LogP contribution in [0.1, 0.15) is 19.8 Å². The van der Waals surface area contributed by atoms with E-state index in [9.17, 15) is 5.11 Å². The Kier molecular flexibility index (Phi) is 3.58. The number of ether oxygens (including phenoxy) is 1. The molecule has 1 aliphatic rings. The molecule has 1 fully saturated rings. The maximum Gasteiger partial charge on any atom is 0.0681 e. The second-order valence-electron chi connectivity index (χ2n) is 3.36. The Morgan fingerprint density at radius 2 is 2.25 bits per heavy atom. The summed E-state index contributed by atoms with van der Waals surface area (Å²) in [7, 11) is 1.70. The predicted octanol–water partition coefficient (Wildman–Crippen LogP) is 1.04. The van der Waals surface area contributed by atoms with E-state index in [0.717, 1.165) is 19.4 Å². The molecule has 0 aromatic rings. The number of aliphatic hydroxyl groups excluding tert-OH is 1. The van der Waals surface area contributed by atoms with Gasteiger partial charge in [0, 0.05) is 19.6 Å². The highest BCUT2D eigenvalue weighted by atomic mass is 16.5. The van der Waals surface area contributed by atoms with Crippen molar-refractivity contribution in [1.82, 2.24) is 0 Å². The van der Waals surface area contributed by atoms with Gasteiger partial charge in [-0.2, -0.15) is 0 Å². The zero-order valence-electron chi connectivity index (χ0n) is 7.71. The van der Waals surface area contributed by atoms with Crippen LogP contribution in [0.4, 0.5) is 0 Å². The lowest BCUT2D eigenvalue weighted by Crippen LogP contribution is -2.10. The lowest BCUT2D eigenvalue weighted by Gasteiger charge is -2.05. The molecule has 0 aromatic carbocycles. The highest BCUT2D eigenvalue weighted by Gasteiger charge is 2.31. The van der Waals surface area contributed by atoms with E-state index in [1.165, 1.54) is 0 Å². The predicted molar refractivity (Wildman–Crippen MR) is 47.5 cm³/mol. The highest BCUT2D eigenvalue weighted by molar-refractivity contribution is 5.06. The fourth-order valence-electron chi connectivity index (χ4n) is 1.83. The maximum absolute atomic E-state index is 9.56. The van der Waals surface area contributed by atoms with Crippen LogP contribution in [-0.2, 0) is 4.74 Å². The van der Waals surface area contributed by atoms with Gasteiger partial charge in [-0.1, -0.05) is 5.92 Å². The molecule has 0 radical (unpaired) electrons. The van der Waals surface area contributed by atoms with Crippen molar-refractivity contribution in [1.29, 1.82) is 0 Å². The van der Waals surface area contributed by atoms with Crippen LogP contribution in [0.15, 0.2) is 0 Å². The van der Waals surface area contributed by atoms with Crippen molar-refractivity contribution >= 4 is 0 Å². The van der Waals surface area contributed by atoms with Crippen molar-refractivity contribution in [2.75, 3.05) is 13.7 Å². The molecule has 1 aliphatic carbocycles. The van der Waals surface area contributed by atoms with E-state index in [1.807, 2.05) is 6.92 Å². The topological polar surface area (TPSA) is 29.5 Å². The second-order valence-corrected chi connectivity index (χ2v) is 3.36. The summed E-state index contributed by atoms with van der Waals surface area (Å²) in [5, 5.41) is 9.56. The molecular formula is C10H16O2. The summed E-state index contributed by atoms with van der Waals surface area (Å²) in [5.41, 5.74) is 0. The van der Waals surface area contributed by atoms with E-state index in [0.29, 0.717) is 5.92 Å². The van der Waals surface area contributed by atoms with E-state index in [2.05, 4.69) is 11.8 Å². The summed E-state index contributed by atoms with van der Waals surface area (Å²) < 4.78 is 5.04. The number of methoxy groups -OCH3 is 1. The third-order valence-corrected chi connectivity index (χ3v) is 2.36. The monoisotopic (exact) mass is 168 g/mol. The maximum atomic E-state index is 9.56. The van der Waals surface area contributed by atoms with Crippen molar-refractivity contribution in [3.05, 3.63) is 0 Å².